The molecular weight excluding hydrogens is 448 g/mol. The van der Waals surface area contributed by atoms with Crippen molar-refractivity contribution >= 4 is 17.3 Å². The molecule has 0 aliphatic heterocycles. The zero-order valence-electron chi connectivity index (χ0n) is 19.5. The third kappa shape index (κ3) is 6.05. The molecule has 0 fully saturated rings. The summed E-state index contributed by atoms with van der Waals surface area (Å²) in [4.78, 5) is 23.6. The molecule has 0 atom stereocenters. The summed E-state index contributed by atoms with van der Waals surface area (Å²) in [6.07, 6.45) is 0. The Labute approximate surface area is 202 Å². The fraction of sp³-hybridized carbons (Fsp3) is 0.148. The van der Waals surface area contributed by atoms with Crippen molar-refractivity contribution in [1.82, 2.24) is 0 Å². The topological polar surface area (TPSA) is 104 Å². The van der Waals surface area contributed by atoms with E-state index in [9.17, 15) is 14.9 Å². The van der Waals surface area contributed by atoms with Gasteiger partial charge in [-0.3, -0.25) is 14.9 Å². The molecule has 4 aromatic rings. The first-order valence-electron chi connectivity index (χ1n) is 10.9. The van der Waals surface area contributed by atoms with Crippen LogP contribution < -0.4 is 14.8 Å². The van der Waals surface area contributed by atoms with Gasteiger partial charge < -0.3 is 19.2 Å². The van der Waals surface area contributed by atoms with Gasteiger partial charge in [0.15, 0.2) is 5.76 Å². The first-order valence-corrected chi connectivity index (χ1v) is 10.9. The summed E-state index contributed by atoms with van der Waals surface area (Å²) in [6.45, 7) is 6.03. The molecule has 0 aliphatic rings. The van der Waals surface area contributed by atoms with Crippen LogP contribution >= 0.6 is 0 Å². The third-order valence-electron chi connectivity index (χ3n) is 5.22. The molecule has 1 heterocycles. The number of nitro groups is 1. The number of furan rings is 1. The minimum Gasteiger partial charge on any atom is -0.485 e. The van der Waals surface area contributed by atoms with Crippen molar-refractivity contribution in [1.29, 1.82) is 0 Å². The van der Waals surface area contributed by atoms with Crippen molar-refractivity contribution in [3.63, 3.8) is 0 Å². The number of anilines is 1. The predicted molar refractivity (Wildman–Crippen MR) is 131 cm³/mol. The maximum atomic E-state index is 12.7. The second-order valence-corrected chi connectivity index (χ2v) is 8.17. The van der Waals surface area contributed by atoms with E-state index in [4.69, 9.17) is 13.9 Å². The summed E-state index contributed by atoms with van der Waals surface area (Å²) >= 11 is 0. The van der Waals surface area contributed by atoms with Crippen LogP contribution in [0.2, 0.25) is 0 Å². The lowest BCUT2D eigenvalue weighted by molar-refractivity contribution is -0.384. The average Bonchev–Trinajstić information content (AvgIpc) is 3.30. The Balaban J connectivity index is 1.46. The van der Waals surface area contributed by atoms with Gasteiger partial charge in [0, 0.05) is 12.1 Å². The highest BCUT2D eigenvalue weighted by Crippen LogP contribution is 2.30. The van der Waals surface area contributed by atoms with E-state index in [2.05, 4.69) is 5.32 Å². The van der Waals surface area contributed by atoms with Crippen LogP contribution in [-0.4, -0.2) is 10.8 Å². The van der Waals surface area contributed by atoms with E-state index in [1.807, 2.05) is 51.1 Å². The van der Waals surface area contributed by atoms with Crippen molar-refractivity contribution in [2.75, 3.05) is 5.32 Å². The molecule has 35 heavy (non-hydrogen) atoms. The second kappa shape index (κ2) is 10.1. The van der Waals surface area contributed by atoms with Crippen LogP contribution in [0, 0.1) is 30.9 Å². The van der Waals surface area contributed by atoms with Crippen LogP contribution in [0.25, 0.3) is 0 Å². The van der Waals surface area contributed by atoms with Gasteiger partial charge in [-0.15, -0.1) is 0 Å². The average molecular weight is 472 g/mol. The molecule has 0 spiro atoms. The lowest BCUT2D eigenvalue weighted by Crippen LogP contribution is -2.11. The number of non-ortho nitro benzene ring substituents is 1. The highest BCUT2D eigenvalue weighted by Gasteiger charge is 2.16. The Hall–Kier alpha value is -4.59. The van der Waals surface area contributed by atoms with Crippen molar-refractivity contribution in [2.24, 2.45) is 0 Å². The Bertz CT molecular complexity index is 1370. The second-order valence-electron chi connectivity index (χ2n) is 8.17. The molecule has 0 unspecified atom stereocenters. The normalized spacial score (nSPS) is 10.6. The summed E-state index contributed by atoms with van der Waals surface area (Å²) in [5, 5.41) is 14.0. The Morgan fingerprint density at radius 2 is 1.66 bits per heavy atom. The molecule has 0 saturated carbocycles. The largest absolute Gasteiger partial charge is 0.485 e. The maximum absolute atomic E-state index is 12.7. The number of benzene rings is 3. The van der Waals surface area contributed by atoms with Gasteiger partial charge >= 0.3 is 0 Å². The monoisotopic (exact) mass is 472 g/mol. The van der Waals surface area contributed by atoms with E-state index in [-0.39, 0.29) is 29.5 Å². The molecule has 0 bridgehead atoms. The Kier molecular flexibility index (Phi) is 6.82. The van der Waals surface area contributed by atoms with E-state index < -0.39 is 10.8 Å². The van der Waals surface area contributed by atoms with Gasteiger partial charge in [0.05, 0.1) is 16.7 Å². The van der Waals surface area contributed by atoms with Crippen LogP contribution in [0.15, 0.2) is 77.2 Å². The van der Waals surface area contributed by atoms with Gasteiger partial charge in [-0.1, -0.05) is 29.8 Å². The number of rotatable bonds is 8. The molecule has 4 rings (SSSR count). The summed E-state index contributed by atoms with van der Waals surface area (Å²) < 4.78 is 17.2. The molecule has 1 aromatic heterocycles. The molecule has 8 nitrogen and oxygen atoms in total. The molecule has 1 N–H and O–H groups in total. The van der Waals surface area contributed by atoms with Crippen LogP contribution in [-0.2, 0) is 6.61 Å². The van der Waals surface area contributed by atoms with Crippen LogP contribution in [0.3, 0.4) is 0 Å². The number of nitrogens with zero attached hydrogens (tertiary/aromatic N) is 1. The predicted octanol–water partition coefficient (Wildman–Crippen LogP) is 6.74. The van der Waals surface area contributed by atoms with Crippen LogP contribution in [0.4, 0.5) is 11.4 Å². The summed E-state index contributed by atoms with van der Waals surface area (Å²) in [5.74, 6) is 1.46. The number of ether oxygens (including phenoxy) is 2. The lowest BCUT2D eigenvalue weighted by Gasteiger charge is -2.09. The van der Waals surface area contributed by atoms with Crippen molar-refractivity contribution < 1.29 is 23.6 Å². The van der Waals surface area contributed by atoms with Gasteiger partial charge in [0.2, 0.25) is 0 Å². The number of amides is 1. The van der Waals surface area contributed by atoms with Gasteiger partial charge in [0.1, 0.15) is 29.6 Å². The number of nitrogens with one attached hydrogen (secondary N) is 1. The number of hydrogen-bond donors (Lipinski definition) is 1. The number of nitro benzene ring substituents is 1. The fourth-order valence-corrected chi connectivity index (χ4v) is 3.34. The zero-order chi connectivity index (χ0) is 24.9. The van der Waals surface area contributed by atoms with E-state index >= 15 is 0 Å². The molecule has 1 amide bonds. The number of aryl methyl sites for hydroxylation is 3. The highest BCUT2D eigenvalue weighted by molar-refractivity contribution is 6.02. The van der Waals surface area contributed by atoms with Crippen LogP contribution in [0.5, 0.6) is 17.2 Å². The summed E-state index contributed by atoms with van der Waals surface area (Å²) in [6, 6.07) is 20.4. The van der Waals surface area contributed by atoms with Crippen LogP contribution in [0.1, 0.15) is 33.0 Å². The zero-order valence-corrected chi connectivity index (χ0v) is 19.5. The number of carbonyl (C=O) groups is 1. The van der Waals surface area contributed by atoms with Gasteiger partial charge in [-0.05, 0) is 62.2 Å². The molecule has 8 heteroatoms. The van der Waals surface area contributed by atoms with Crippen molar-refractivity contribution in [3.05, 3.63) is 111 Å². The smallest absolute Gasteiger partial charge is 0.291 e. The van der Waals surface area contributed by atoms with Crippen molar-refractivity contribution in [2.45, 2.75) is 27.4 Å². The fourth-order valence-electron chi connectivity index (χ4n) is 3.34. The Morgan fingerprint density at radius 1 is 0.914 bits per heavy atom. The quantitative estimate of drug-likeness (QED) is 0.225. The molecule has 0 aliphatic carbocycles. The van der Waals surface area contributed by atoms with E-state index in [1.54, 1.807) is 18.2 Å². The maximum Gasteiger partial charge on any atom is 0.291 e. The minimum atomic E-state index is -0.551. The van der Waals surface area contributed by atoms with E-state index in [0.29, 0.717) is 11.5 Å². The third-order valence-corrected chi connectivity index (χ3v) is 5.22. The highest BCUT2D eigenvalue weighted by atomic mass is 16.6. The van der Waals surface area contributed by atoms with Crippen molar-refractivity contribution in [3.8, 4) is 17.2 Å². The number of hydrogen-bond acceptors (Lipinski definition) is 6. The standard InChI is InChI=1S/C27H24N2O6/c1-17-5-8-22(9-6-17)34-24-14-20(13-21(15-24)29(31)32)28-27(30)25-11-10-23(35-25)16-33-26-12-18(2)4-7-19(26)3/h4-15H,16H2,1-3H3,(H,28,30). The number of carbonyl (C=O) groups excluding carboxylic acids is 1. The molecule has 3 aromatic carbocycles. The van der Waals surface area contributed by atoms with E-state index in [1.165, 1.54) is 24.3 Å². The molecule has 178 valence electrons. The molecular formula is C27H24N2O6. The first kappa shape index (κ1) is 23.6. The van der Waals surface area contributed by atoms with Gasteiger partial charge in [-0.2, -0.15) is 0 Å². The minimum absolute atomic E-state index is 0.0528. The Morgan fingerprint density at radius 3 is 2.40 bits per heavy atom. The lowest BCUT2D eigenvalue weighted by atomic mass is 10.1. The SMILES string of the molecule is Cc1ccc(Oc2cc(NC(=O)c3ccc(COc4cc(C)ccc4C)o3)cc([N+](=O)[O-])c2)cc1. The van der Waals surface area contributed by atoms with Gasteiger partial charge in [0.25, 0.3) is 11.6 Å². The molecule has 0 radical (unpaired) electrons. The first-order chi connectivity index (χ1) is 16.8. The molecule has 0 saturated heterocycles. The summed E-state index contributed by atoms with van der Waals surface area (Å²) in [7, 11) is 0. The van der Waals surface area contributed by atoms with E-state index in [0.717, 1.165) is 22.4 Å². The van der Waals surface area contributed by atoms with Gasteiger partial charge in [-0.25, -0.2) is 0 Å². The summed E-state index contributed by atoms with van der Waals surface area (Å²) in [5.41, 5.74) is 3.12.